The summed E-state index contributed by atoms with van der Waals surface area (Å²) in [6.07, 6.45) is 2.92. The summed E-state index contributed by atoms with van der Waals surface area (Å²) < 4.78 is 5.13. The van der Waals surface area contributed by atoms with Crippen LogP contribution in [0.15, 0.2) is 59.0 Å². The number of nitrogens with one attached hydrogen (secondary N) is 1. The molecule has 8 heteroatoms. The van der Waals surface area contributed by atoms with Crippen molar-refractivity contribution in [3.8, 4) is 11.5 Å². The van der Waals surface area contributed by atoms with E-state index < -0.39 is 11.9 Å². The monoisotopic (exact) mass is 350 g/mol. The highest BCUT2D eigenvalue weighted by atomic mass is 16.4. The fourth-order valence-corrected chi connectivity index (χ4v) is 2.21. The Labute approximate surface area is 148 Å². The Morgan fingerprint density at radius 3 is 2.46 bits per heavy atom. The first-order chi connectivity index (χ1) is 12.5. The second kappa shape index (κ2) is 7.31. The zero-order chi connectivity index (χ0) is 18.5. The summed E-state index contributed by atoms with van der Waals surface area (Å²) in [5.41, 5.74) is 7.11. The van der Waals surface area contributed by atoms with E-state index in [0.717, 1.165) is 5.56 Å². The molecule has 1 heterocycles. The van der Waals surface area contributed by atoms with Crippen LogP contribution in [0, 0.1) is 0 Å². The van der Waals surface area contributed by atoms with Gasteiger partial charge in [0.05, 0.1) is 11.3 Å². The van der Waals surface area contributed by atoms with Crippen LogP contribution in [0.3, 0.4) is 0 Å². The number of anilines is 2. The molecule has 0 aliphatic carbocycles. The zero-order valence-electron chi connectivity index (χ0n) is 13.4. The summed E-state index contributed by atoms with van der Waals surface area (Å²) in [5.74, 6) is -1.24. The number of nitrogens with zero attached hydrogens (tertiary/aromatic N) is 2. The molecule has 0 fully saturated rings. The average molecular weight is 350 g/mol. The SMILES string of the molecule is Nc1nnc(-c2ccc(C=CC(=O)Nc3ccccc3C(=O)O)cc2)o1. The van der Waals surface area contributed by atoms with Crippen LogP contribution in [0.4, 0.5) is 11.7 Å². The van der Waals surface area contributed by atoms with Crippen LogP contribution in [0.5, 0.6) is 0 Å². The molecule has 0 aliphatic rings. The van der Waals surface area contributed by atoms with Gasteiger partial charge in [0.25, 0.3) is 0 Å². The summed E-state index contributed by atoms with van der Waals surface area (Å²) >= 11 is 0. The maximum absolute atomic E-state index is 12.0. The molecule has 2 aromatic carbocycles. The van der Waals surface area contributed by atoms with Crippen LogP contribution in [0.2, 0.25) is 0 Å². The van der Waals surface area contributed by atoms with Gasteiger partial charge < -0.3 is 20.6 Å². The van der Waals surface area contributed by atoms with Gasteiger partial charge in [-0.15, -0.1) is 5.10 Å². The number of amides is 1. The molecular weight excluding hydrogens is 336 g/mol. The largest absolute Gasteiger partial charge is 0.478 e. The minimum absolute atomic E-state index is 0.0118. The fourth-order valence-electron chi connectivity index (χ4n) is 2.21. The molecular formula is C18H14N4O4. The minimum atomic E-state index is -1.11. The number of carbonyl (C=O) groups excluding carboxylic acids is 1. The molecule has 130 valence electrons. The van der Waals surface area contributed by atoms with Gasteiger partial charge in [-0.3, -0.25) is 4.79 Å². The Kier molecular flexibility index (Phi) is 4.75. The molecule has 26 heavy (non-hydrogen) atoms. The lowest BCUT2D eigenvalue weighted by atomic mass is 10.1. The summed E-state index contributed by atoms with van der Waals surface area (Å²) in [7, 11) is 0. The van der Waals surface area contributed by atoms with Crippen molar-refractivity contribution in [2.75, 3.05) is 11.1 Å². The van der Waals surface area contributed by atoms with E-state index in [4.69, 9.17) is 15.3 Å². The molecule has 0 saturated heterocycles. The predicted molar refractivity (Wildman–Crippen MR) is 95.2 cm³/mol. The number of benzene rings is 2. The van der Waals surface area contributed by atoms with E-state index in [9.17, 15) is 9.59 Å². The van der Waals surface area contributed by atoms with Crippen molar-refractivity contribution in [3.05, 3.63) is 65.7 Å². The van der Waals surface area contributed by atoms with Crippen LogP contribution in [-0.2, 0) is 4.79 Å². The topological polar surface area (TPSA) is 131 Å². The van der Waals surface area contributed by atoms with E-state index in [1.54, 1.807) is 42.5 Å². The molecule has 0 radical (unpaired) electrons. The van der Waals surface area contributed by atoms with Gasteiger partial charge in [0, 0.05) is 11.6 Å². The van der Waals surface area contributed by atoms with Gasteiger partial charge in [0.1, 0.15) is 0 Å². The Bertz CT molecular complexity index is 977. The van der Waals surface area contributed by atoms with Gasteiger partial charge in [-0.2, -0.15) is 0 Å². The van der Waals surface area contributed by atoms with Crippen molar-refractivity contribution in [1.29, 1.82) is 0 Å². The summed E-state index contributed by atoms with van der Waals surface area (Å²) in [6, 6.07) is 13.2. The van der Waals surface area contributed by atoms with E-state index in [1.165, 1.54) is 18.2 Å². The number of carbonyl (C=O) groups is 2. The average Bonchev–Trinajstić information content (AvgIpc) is 3.07. The van der Waals surface area contributed by atoms with Crippen LogP contribution in [0.1, 0.15) is 15.9 Å². The zero-order valence-corrected chi connectivity index (χ0v) is 13.4. The molecule has 0 atom stereocenters. The smallest absolute Gasteiger partial charge is 0.337 e. The van der Waals surface area contributed by atoms with Crippen molar-refractivity contribution in [2.45, 2.75) is 0 Å². The molecule has 0 saturated carbocycles. The summed E-state index contributed by atoms with van der Waals surface area (Å²) in [5, 5.41) is 19.0. The standard InChI is InChI=1S/C18H14N4O4/c19-18-22-21-16(26-18)12-8-5-11(6-9-12)7-10-15(23)20-14-4-2-1-3-13(14)17(24)25/h1-10H,(H2,19,22)(H,20,23)(H,24,25). The van der Waals surface area contributed by atoms with Crippen molar-refractivity contribution in [1.82, 2.24) is 10.2 Å². The van der Waals surface area contributed by atoms with Crippen LogP contribution >= 0.6 is 0 Å². The molecule has 0 bridgehead atoms. The Morgan fingerprint density at radius 2 is 1.81 bits per heavy atom. The minimum Gasteiger partial charge on any atom is -0.478 e. The lowest BCUT2D eigenvalue weighted by Crippen LogP contribution is -2.11. The Balaban J connectivity index is 1.68. The van der Waals surface area contributed by atoms with E-state index >= 15 is 0 Å². The molecule has 4 N–H and O–H groups in total. The first kappa shape index (κ1) is 16.9. The van der Waals surface area contributed by atoms with Gasteiger partial charge in [-0.05, 0) is 35.9 Å². The van der Waals surface area contributed by atoms with Crippen LogP contribution in [0.25, 0.3) is 17.5 Å². The highest BCUT2D eigenvalue weighted by molar-refractivity contribution is 6.06. The molecule has 0 spiro atoms. The number of carboxylic acids is 1. The fraction of sp³-hybridized carbons (Fsp3) is 0. The highest BCUT2D eigenvalue weighted by Crippen LogP contribution is 2.19. The van der Waals surface area contributed by atoms with Gasteiger partial charge in [0.15, 0.2) is 0 Å². The van der Waals surface area contributed by atoms with Gasteiger partial charge in [0.2, 0.25) is 11.8 Å². The molecule has 0 aliphatic heterocycles. The van der Waals surface area contributed by atoms with E-state index in [1.807, 2.05) is 0 Å². The van der Waals surface area contributed by atoms with Gasteiger partial charge in [-0.1, -0.05) is 29.4 Å². The van der Waals surface area contributed by atoms with Crippen molar-refractivity contribution >= 4 is 29.7 Å². The van der Waals surface area contributed by atoms with Crippen LogP contribution in [-0.4, -0.2) is 27.2 Å². The van der Waals surface area contributed by atoms with Crippen molar-refractivity contribution in [3.63, 3.8) is 0 Å². The quantitative estimate of drug-likeness (QED) is 0.603. The number of carboxylic acid groups (broad SMARTS) is 1. The highest BCUT2D eigenvalue weighted by Gasteiger charge is 2.10. The Morgan fingerprint density at radius 1 is 1.08 bits per heavy atom. The van der Waals surface area contributed by atoms with Gasteiger partial charge >= 0.3 is 12.0 Å². The number of nitrogens with two attached hydrogens (primary N) is 1. The van der Waals surface area contributed by atoms with E-state index in [-0.39, 0.29) is 17.3 Å². The lowest BCUT2D eigenvalue weighted by molar-refractivity contribution is -0.111. The maximum Gasteiger partial charge on any atom is 0.337 e. The Hall–Kier alpha value is -3.94. The number of hydrogen-bond acceptors (Lipinski definition) is 6. The van der Waals surface area contributed by atoms with Crippen molar-refractivity contribution < 1.29 is 19.1 Å². The number of nitrogen functional groups attached to an aromatic ring is 1. The molecule has 1 amide bonds. The van der Waals surface area contributed by atoms with E-state index in [0.29, 0.717) is 11.5 Å². The third-order valence-corrected chi connectivity index (χ3v) is 3.44. The molecule has 3 aromatic rings. The first-order valence-corrected chi connectivity index (χ1v) is 7.54. The van der Waals surface area contributed by atoms with Crippen LogP contribution < -0.4 is 11.1 Å². The first-order valence-electron chi connectivity index (χ1n) is 7.54. The third kappa shape index (κ3) is 3.93. The van der Waals surface area contributed by atoms with Gasteiger partial charge in [-0.25, -0.2) is 4.79 Å². The maximum atomic E-state index is 12.0. The van der Waals surface area contributed by atoms with E-state index in [2.05, 4.69) is 15.5 Å². The predicted octanol–water partition coefficient (Wildman–Crippen LogP) is 2.67. The second-order valence-corrected chi connectivity index (χ2v) is 5.24. The summed E-state index contributed by atoms with van der Waals surface area (Å²) in [4.78, 5) is 23.2. The normalized spacial score (nSPS) is 10.8. The second-order valence-electron chi connectivity index (χ2n) is 5.24. The number of aromatic carboxylic acids is 1. The molecule has 8 nitrogen and oxygen atoms in total. The number of hydrogen-bond donors (Lipinski definition) is 3. The molecule has 3 rings (SSSR count). The van der Waals surface area contributed by atoms with Crippen molar-refractivity contribution in [2.24, 2.45) is 0 Å². The molecule has 0 unspecified atom stereocenters. The number of para-hydroxylation sites is 1. The lowest BCUT2D eigenvalue weighted by Gasteiger charge is -2.05. The third-order valence-electron chi connectivity index (χ3n) is 3.44. The molecule has 1 aromatic heterocycles. The summed E-state index contributed by atoms with van der Waals surface area (Å²) in [6.45, 7) is 0. The number of rotatable bonds is 5. The number of aromatic nitrogens is 2.